The normalized spacial score (nSPS) is 24.9. The zero-order valence-corrected chi connectivity index (χ0v) is 13.5. The van der Waals surface area contributed by atoms with E-state index in [1.54, 1.807) is 24.3 Å². The van der Waals surface area contributed by atoms with Gasteiger partial charge in [-0.25, -0.2) is 8.42 Å². The van der Waals surface area contributed by atoms with Crippen LogP contribution in [0.25, 0.3) is 0 Å². The first-order valence-corrected chi connectivity index (χ1v) is 8.74. The molecule has 0 N–H and O–H groups in total. The summed E-state index contributed by atoms with van der Waals surface area (Å²) in [5, 5.41) is 0. The van der Waals surface area contributed by atoms with Gasteiger partial charge in [0.25, 0.3) is 0 Å². The largest absolute Gasteiger partial charge is 0.469 e. The van der Waals surface area contributed by atoms with Crippen LogP contribution in [0.15, 0.2) is 40.8 Å². The summed E-state index contributed by atoms with van der Waals surface area (Å²) in [6.45, 7) is 2.31. The molecule has 0 amide bonds. The van der Waals surface area contributed by atoms with E-state index in [2.05, 4.69) is 0 Å². The van der Waals surface area contributed by atoms with Crippen molar-refractivity contribution in [3.63, 3.8) is 0 Å². The van der Waals surface area contributed by atoms with E-state index < -0.39 is 15.9 Å². The first-order valence-electron chi connectivity index (χ1n) is 7.30. The molecule has 1 fully saturated rings. The van der Waals surface area contributed by atoms with Crippen molar-refractivity contribution < 1.29 is 17.9 Å². The molecule has 1 aliphatic heterocycles. The minimum atomic E-state index is -3.60. The molecule has 2 aliphatic rings. The molecular formula is C16H19NO4S. The van der Waals surface area contributed by atoms with Crippen molar-refractivity contribution in [2.75, 3.05) is 13.7 Å². The van der Waals surface area contributed by atoms with Gasteiger partial charge >= 0.3 is 5.97 Å². The fraction of sp³-hybridized carbons (Fsp3) is 0.438. The molecule has 1 saturated carbocycles. The van der Waals surface area contributed by atoms with Crippen LogP contribution in [0.2, 0.25) is 0 Å². The quantitative estimate of drug-likeness (QED) is 0.630. The van der Waals surface area contributed by atoms with Crippen LogP contribution in [0.3, 0.4) is 0 Å². The average molecular weight is 321 g/mol. The second kappa shape index (κ2) is 5.52. The van der Waals surface area contributed by atoms with E-state index in [-0.39, 0.29) is 16.9 Å². The number of hydrogen-bond acceptors (Lipinski definition) is 4. The molecule has 5 nitrogen and oxygen atoms in total. The Morgan fingerprint density at radius 3 is 2.59 bits per heavy atom. The SMILES string of the molecule is COC(=O)[C@@H]1CC2=CCCN(S(=O)(=O)c3ccc(C)cc3)[C@H]21. The first-order chi connectivity index (χ1) is 10.4. The van der Waals surface area contributed by atoms with Gasteiger partial charge in [0.05, 0.1) is 24.0 Å². The highest BCUT2D eigenvalue weighted by Gasteiger charge is 2.50. The molecule has 118 valence electrons. The molecule has 0 aromatic heterocycles. The highest BCUT2D eigenvalue weighted by atomic mass is 32.2. The minimum Gasteiger partial charge on any atom is -0.469 e. The van der Waals surface area contributed by atoms with E-state index in [0.29, 0.717) is 19.4 Å². The van der Waals surface area contributed by atoms with Crippen molar-refractivity contribution >= 4 is 16.0 Å². The fourth-order valence-corrected chi connectivity index (χ4v) is 4.85. The molecule has 0 saturated heterocycles. The van der Waals surface area contributed by atoms with Crippen LogP contribution in [0.1, 0.15) is 18.4 Å². The second-order valence-corrected chi connectivity index (χ2v) is 7.67. The number of carbonyl (C=O) groups is 1. The molecule has 0 unspecified atom stereocenters. The first kappa shape index (κ1) is 15.2. The highest BCUT2D eigenvalue weighted by Crippen LogP contribution is 2.43. The van der Waals surface area contributed by atoms with Gasteiger partial charge in [-0.1, -0.05) is 29.3 Å². The van der Waals surface area contributed by atoms with Crippen LogP contribution in [-0.4, -0.2) is 38.4 Å². The smallest absolute Gasteiger partial charge is 0.310 e. The Morgan fingerprint density at radius 1 is 1.27 bits per heavy atom. The Morgan fingerprint density at radius 2 is 1.95 bits per heavy atom. The Kier molecular flexibility index (Phi) is 3.82. The Hall–Kier alpha value is -1.66. The monoisotopic (exact) mass is 321 g/mol. The number of sulfonamides is 1. The predicted molar refractivity (Wildman–Crippen MR) is 81.7 cm³/mol. The van der Waals surface area contributed by atoms with Crippen molar-refractivity contribution in [1.29, 1.82) is 0 Å². The number of aryl methyl sites for hydroxylation is 1. The number of nitrogens with zero attached hydrogens (tertiary/aromatic N) is 1. The van der Waals surface area contributed by atoms with Crippen LogP contribution in [0.5, 0.6) is 0 Å². The number of esters is 1. The summed E-state index contributed by atoms with van der Waals surface area (Å²) >= 11 is 0. The zero-order chi connectivity index (χ0) is 15.9. The minimum absolute atomic E-state index is 0.273. The predicted octanol–water partition coefficient (Wildman–Crippen LogP) is 1.88. The van der Waals surface area contributed by atoms with E-state index in [0.717, 1.165) is 11.1 Å². The van der Waals surface area contributed by atoms with Gasteiger partial charge in [-0.05, 0) is 31.9 Å². The van der Waals surface area contributed by atoms with E-state index in [1.807, 2.05) is 13.0 Å². The molecule has 1 heterocycles. The Balaban J connectivity index is 1.94. The summed E-state index contributed by atoms with van der Waals surface area (Å²) in [7, 11) is -2.26. The third-order valence-electron chi connectivity index (χ3n) is 4.41. The molecule has 0 bridgehead atoms. The summed E-state index contributed by atoms with van der Waals surface area (Å²) < 4.78 is 32.0. The maximum atomic E-state index is 12.9. The van der Waals surface area contributed by atoms with Crippen molar-refractivity contribution in [2.24, 2.45) is 5.92 Å². The number of methoxy groups -OCH3 is 1. The number of carbonyl (C=O) groups excluding carboxylic acids is 1. The molecule has 0 spiro atoms. The third-order valence-corrected chi connectivity index (χ3v) is 6.31. The van der Waals surface area contributed by atoms with Gasteiger partial charge in [-0.2, -0.15) is 4.31 Å². The summed E-state index contributed by atoms with van der Waals surface area (Å²) in [6.07, 6.45) is 3.33. The van der Waals surface area contributed by atoms with Crippen molar-refractivity contribution in [3.05, 3.63) is 41.5 Å². The number of fused-ring (bicyclic) bond motifs is 1. The van der Waals surface area contributed by atoms with Gasteiger partial charge in [0.15, 0.2) is 0 Å². The molecule has 0 radical (unpaired) electrons. The lowest BCUT2D eigenvalue weighted by Gasteiger charge is -2.46. The van der Waals surface area contributed by atoms with E-state index >= 15 is 0 Å². The third kappa shape index (κ3) is 2.36. The van der Waals surface area contributed by atoms with Gasteiger partial charge in [0.2, 0.25) is 10.0 Å². The van der Waals surface area contributed by atoms with Crippen LogP contribution < -0.4 is 0 Å². The summed E-state index contributed by atoms with van der Waals surface area (Å²) in [5.74, 6) is -0.732. The number of rotatable bonds is 3. The molecule has 6 heteroatoms. The van der Waals surface area contributed by atoms with Gasteiger partial charge in [0.1, 0.15) is 0 Å². The molecule has 22 heavy (non-hydrogen) atoms. The summed E-state index contributed by atoms with van der Waals surface area (Å²) in [5.41, 5.74) is 2.03. The number of hydrogen-bond donors (Lipinski definition) is 0. The van der Waals surface area contributed by atoms with Crippen LogP contribution in [-0.2, 0) is 19.6 Å². The van der Waals surface area contributed by atoms with Crippen molar-refractivity contribution in [1.82, 2.24) is 4.31 Å². The van der Waals surface area contributed by atoms with Crippen molar-refractivity contribution in [2.45, 2.75) is 30.7 Å². The number of ether oxygens (including phenoxy) is 1. The molecule has 1 aliphatic carbocycles. The van der Waals surface area contributed by atoms with Crippen LogP contribution in [0, 0.1) is 12.8 Å². The second-order valence-electron chi connectivity index (χ2n) is 5.78. The van der Waals surface area contributed by atoms with E-state index in [9.17, 15) is 13.2 Å². The van der Waals surface area contributed by atoms with Gasteiger partial charge in [-0.15, -0.1) is 0 Å². The Labute approximate surface area is 130 Å². The lowest BCUT2D eigenvalue weighted by Crippen LogP contribution is -2.56. The maximum Gasteiger partial charge on any atom is 0.310 e. The lowest BCUT2D eigenvalue weighted by atomic mass is 9.73. The maximum absolute atomic E-state index is 12.9. The molecule has 2 atom stereocenters. The molecule has 1 aromatic carbocycles. The lowest BCUT2D eigenvalue weighted by molar-refractivity contribution is -0.149. The van der Waals surface area contributed by atoms with Crippen LogP contribution in [0.4, 0.5) is 0 Å². The topological polar surface area (TPSA) is 63.7 Å². The molecule has 3 rings (SSSR count). The van der Waals surface area contributed by atoms with Gasteiger partial charge in [-0.3, -0.25) is 4.79 Å². The van der Waals surface area contributed by atoms with Gasteiger partial charge < -0.3 is 4.74 Å². The summed E-state index contributed by atoms with van der Waals surface area (Å²) in [4.78, 5) is 12.1. The Bertz CT molecular complexity index is 721. The van der Waals surface area contributed by atoms with E-state index in [1.165, 1.54) is 11.4 Å². The van der Waals surface area contributed by atoms with E-state index in [4.69, 9.17) is 4.74 Å². The standard InChI is InChI=1S/C16H19NO4S/c1-11-5-7-13(8-6-11)22(19,20)17-9-3-4-12-10-14(15(12)17)16(18)21-2/h4-8,14-15H,3,9-10H2,1-2H3/t14-,15-/m1/s1. The summed E-state index contributed by atoms with van der Waals surface area (Å²) in [6, 6.07) is 6.42. The molecular weight excluding hydrogens is 302 g/mol. The number of benzene rings is 1. The van der Waals surface area contributed by atoms with Crippen LogP contribution >= 0.6 is 0 Å². The fourth-order valence-electron chi connectivity index (χ4n) is 3.17. The zero-order valence-electron chi connectivity index (χ0n) is 12.7. The van der Waals surface area contributed by atoms with Gasteiger partial charge in [0, 0.05) is 6.54 Å². The van der Waals surface area contributed by atoms with Crippen molar-refractivity contribution in [3.8, 4) is 0 Å². The molecule has 1 aromatic rings. The average Bonchev–Trinajstić information content (AvgIpc) is 2.48. The highest BCUT2D eigenvalue weighted by molar-refractivity contribution is 7.89.